The Hall–Kier alpha value is -1.62. The molecule has 20 heavy (non-hydrogen) atoms. The van der Waals surface area contributed by atoms with Crippen LogP contribution in [0.1, 0.15) is 36.2 Å². The molecule has 1 saturated carbocycles. The van der Waals surface area contributed by atoms with Crippen molar-refractivity contribution in [1.82, 2.24) is 9.88 Å². The fraction of sp³-hybridized carbons (Fsp3) is 0.600. The minimum Gasteiger partial charge on any atom is -0.388 e. The van der Waals surface area contributed by atoms with Crippen molar-refractivity contribution in [3.05, 3.63) is 24.0 Å². The van der Waals surface area contributed by atoms with Gasteiger partial charge in [0.2, 0.25) is 0 Å². The molecule has 1 N–H and O–H groups in total. The minimum absolute atomic E-state index is 0.0299. The average molecular weight is 275 g/mol. The summed E-state index contributed by atoms with van der Waals surface area (Å²) in [6.45, 7) is 1.31. The van der Waals surface area contributed by atoms with E-state index in [9.17, 15) is 4.79 Å². The van der Waals surface area contributed by atoms with Gasteiger partial charge in [0.05, 0.1) is 18.8 Å². The number of amides is 1. The summed E-state index contributed by atoms with van der Waals surface area (Å²) < 4.78 is 5.82. The molecule has 0 aromatic carbocycles. The molecule has 0 radical (unpaired) electrons. The second kappa shape index (κ2) is 5.79. The van der Waals surface area contributed by atoms with Crippen LogP contribution in [-0.4, -0.2) is 48.1 Å². The highest BCUT2D eigenvalue weighted by Crippen LogP contribution is 2.29. The van der Waals surface area contributed by atoms with Crippen molar-refractivity contribution in [2.24, 2.45) is 0 Å². The molecule has 1 aromatic heterocycles. The standard InChI is InChI=1S/C15H21N3O2/c1-16-11-6-7-17-12(10-11)15(19)18-8-9-20-14-5-3-2-4-13(14)18/h6-7,10,13-14H,2-5,8-9H2,1H3,(H,16,17). The number of ether oxygens (including phenoxy) is 1. The Bertz CT molecular complexity index is 490. The first-order chi connectivity index (χ1) is 9.79. The fourth-order valence-corrected chi connectivity index (χ4v) is 3.20. The number of pyridine rings is 1. The highest BCUT2D eigenvalue weighted by atomic mass is 16.5. The van der Waals surface area contributed by atoms with Gasteiger partial charge in [-0.2, -0.15) is 0 Å². The van der Waals surface area contributed by atoms with E-state index < -0.39 is 0 Å². The van der Waals surface area contributed by atoms with Crippen molar-refractivity contribution < 1.29 is 9.53 Å². The van der Waals surface area contributed by atoms with E-state index in [1.54, 1.807) is 6.20 Å². The summed E-state index contributed by atoms with van der Waals surface area (Å²) in [5, 5.41) is 3.05. The van der Waals surface area contributed by atoms with E-state index in [-0.39, 0.29) is 18.1 Å². The summed E-state index contributed by atoms with van der Waals surface area (Å²) in [6.07, 6.45) is 6.39. The van der Waals surface area contributed by atoms with Crippen LogP contribution in [0, 0.1) is 0 Å². The second-order valence-corrected chi connectivity index (χ2v) is 5.44. The van der Waals surface area contributed by atoms with Crippen LogP contribution in [0.25, 0.3) is 0 Å². The fourth-order valence-electron chi connectivity index (χ4n) is 3.20. The maximum atomic E-state index is 12.7. The molecule has 108 valence electrons. The molecule has 1 saturated heterocycles. The lowest BCUT2D eigenvalue weighted by Gasteiger charge is -2.43. The van der Waals surface area contributed by atoms with Gasteiger partial charge in [-0.05, 0) is 25.0 Å². The zero-order chi connectivity index (χ0) is 13.9. The van der Waals surface area contributed by atoms with Crippen LogP contribution in [0.4, 0.5) is 5.69 Å². The first-order valence-electron chi connectivity index (χ1n) is 7.36. The Balaban J connectivity index is 1.81. The van der Waals surface area contributed by atoms with E-state index in [1.807, 2.05) is 24.1 Å². The predicted molar refractivity (Wildman–Crippen MR) is 76.8 cm³/mol. The van der Waals surface area contributed by atoms with Crippen molar-refractivity contribution in [2.75, 3.05) is 25.5 Å². The molecule has 2 unspecified atom stereocenters. The monoisotopic (exact) mass is 275 g/mol. The van der Waals surface area contributed by atoms with Gasteiger partial charge in [-0.15, -0.1) is 0 Å². The van der Waals surface area contributed by atoms with E-state index in [2.05, 4.69) is 10.3 Å². The van der Waals surface area contributed by atoms with E-state index >= 15 is 0 Å². The van der Waals surface area contributed by atoms with E-state index in [0.29, 0.717) is 18.8 Å². The van der Waals surface area contributed by atoms with Crippen LogP contribution in [-0.2, 0) is 4.74 Å². The highest BCUT2D eigenvalue weighted by molar-refractivity contribution is 5.93. The molecule has 0 bridgehead atoms. The highest BCUT2D eigenvalue weighted by Gasteiger charge is 2.37. The number of rotatable bonds is 2. The predicted octanol–water partition coefficient (Wildman–Crippen LogP) is 1.91. The zero-order valence-electron chi connectivity index (χ0n) is 11.8. The number of aromatic nitrogens is 1. The lowest BCUT2D eigenvalue weighted by molar-refractivity contribution is -0.0754. The molecule has 5 heteroatoms. The number of carbonyl (C=O) groups excluding carboxylic acids is 1. The summed E-state index contributed by atoms with van der Waals surface area (Å²) in [5.41, 5.74) is 1.43. The normalized spacial score (nSPS) is 25.9. The second-order valence-electron chi connectivity index (χ2n) is 5.44. The first-order valence-corrected chi connectivity index (χ1v) is 7.36. The Morgan fingerprint density at radius 1 is 1.45 bits per heavy atom. The molecule has 0 spiro atoms. The summed E-state index contributed by atoms with van der Waals surface area (Å²) in [6, 6.07) is 3.90. The van der Waals surface area contributed by atoms with Crippen LogP contribution < -0.4 is 5.32 Å². The zero-order valence-corrected chi connectivity index (χ0v) is 11.8. The van der Waals surface area contributed by atoms with Crippen molar-refractivity contribution in [2.45, 2.75) is 37.8 Å². The number of fused-ring (bicyclic) bond motifs is 1. The SMILES string of the molecule is CNc1ccnc(C(=O)N2CCOC3CCCCC32)c1. The summed E-state index contributed by atoms with van der Waals surface area (Å²) in [7, 11) is 1.84. The van der Waals surface area contributed by atoms with Crippen molar-refractivity contribution in [3.63, 3.8) is 0 Å². The van der Waals surface area contributed by atoms with Crippen LogP contribution in [0.2, 0.25) is 0 Å². The first kappa shape index (κ1) is 13.4. The number of hydrogen-bond acceptors (Lipinski definition) is 4. The maximum Gasteiger partial charge on any atom is 0.272 e. The van der Waals surface area contributed by atoms with Gasteiger partial charge >= 0.3 is 0 Å². The van der Waals surface area contributed by atoms with Gasteiger partial charge in [0, 0.05) is 25.5 Å². The van der Waals surface area contributed by atoms with Gasteiger partial charge in [0.15, 0.2) is 0 Å². The van der Waals surface area contributed by atoms with Gasteiger partial charge in [-0.1, -0.05) is 12.8 Å². The maximum absolute atomic E-state index is 12.7. The van der Waals surface area contributed by atoms with Crippen LogP contribution in [0.15, 0.2) is 18.3 Å². The molecule has 2 aliphatic rings. The van der Waals surface area contributed by atoms with E-state index in [1.165, 1.54) is 12.8 Å². The molecule has 1 amide bonds. The number of nitrogens with one attached hydrogen (secondary N) is 1. The van der Waals surface area contributed by atoms with Crippen molar-refractivity contribution in [3.8, 4) is 0 Å². The van der Waals surface area contributed by atoms with Gasteiger partial charge in [0.25, 0.3) is 5.91 Å². The van der Waals surface area contributed by atoms with Crippen molar-refractivity contribution in [1.29, 1.82) is 0 Å². The smallest absolute Gasteiger partial charge is 0.272 e. The Kier molecular flexibility index (Phi) is 3.87. The minimum atomic E-state index is 0.0299. The Morgan fingerprint density at radius 2 is 2.30 bits per heavy atom. The Morgan fingerprint density at radius 3 is 3.15 bits per heavy atom. The van der Waals surface area contributed by atoms with Crippen LogP contribution in [0.5, 0.6) is 0 Å². The molecular weight excluding hydrogens is 254 g/mol. The summed E-state index contributed by atoms with van der Waals surface area (Å²) >= 11 is 0. The van der Waals surface area contributed by atoms with Crippen LogP contribution >= 0.6 is 0 Å². The molecule has 1 aliphatic carbocycles. The topological polar surface area (TPSA) is 54.5 Å². The number of anilines is 1. The van der Waals surface area contributed by atoms with Gasteiger partial charge < -0.3 is 15.0 Å². The van der Waals surface area contributed by atoms with E-state index in [4.69, 9.17) is 4.74 Å². The summed E-state index contributed by atoms with van der Waals surface area (Å²) in [5.74, 6) is 0.0299. The molecule has 1 aromatic rings. The third-order valence-corrected chi connectivity index (χ3v) is 4.26. The van der Waals surface area contributed by atoms with Crippen LogP contribution in [0.3, 0.4) is 0 Å². The molecule has 2 fully saturated rings. The van der Waals surface area contributed by atoms with Gasteiger partial charge in [0.1, 0.15) is 5.69 Å². The molecule has 3 rings (SSSR count). The molecule has 2 heterocycles. The Labute approximate surface area is 119 Å². The number of hydrogen-bond donors (Lipinski definition) is 1. The van der Waals surface area contributed by atoms with E-state index in [0.717, 1.165) is 18.5 Å². The number of nitrogens with zero attached hydrogens (tertiary/aromatic N) is 2. The molecular formula is C15H21N3O2. The van der Waals surface area contributed by atoms with Gasteiger partial charge in [-0.3, -0.25) is 9.78 Å². The summed E-state index contributed by atoms with van der Waals surface area (Å²) in [4.78, 5) is 18.9. The third kappa shape index (κ3) is 2.50. The molecule has 1 aliphatic heterocycles. The third-order valence-electron chi connectivity index (χ3n) is 4.26. The molecule has 5 nitrogen and oxygen atoms in total. The van der Waals surface area contributed by atoms with Gasteiger partial charge in [-0.25, -0.2) is 0 Å². The number of carbonyl (C=O) groups is 1. The quantitative estimate of drug-likeness (QED) is 0.895. The average Bonchev–Trinajstić information content (AvgIpc) is 2.53. The molecule has 2 atom stereocenters. The largest absolute Gasteiger partial charge is 0.388 e. The lowest BCUT2D eigenvalue weighted by atomic mass is 9.90. The van der Waals surface area contributed by atoms with Crippen molar-refractivity contribution >= 4 is 11.6 Å². The lowest BCUT2D eigenvalue weighted by Crippen LogP contribution is -2.54. The number of morpholine rings is 1.